The molecule has 19 heteroatoms. The third kappa shape index (κ3) is 66.5. The van der Waals surface area contributed by atoms with Gasteiger partial charge in [-0.1, -0.05) is 306 Å². The number of rotatable bonds is 69. The summed E-state index contributed by atoms with van der Waals surface area (Å²) in [5.41, 5.74) is 0. The monoisotopic (exact) mass is 1340 g/mol. The lowest BCUT2D eigenvalue weighted by Gasteiger charge is -2.21. The maximum Gasteiger partial charge on any atom is 0.472 e. The molecule has 17 nitrogen and oxygen atoms in total. The maximum atomic E-state index is 13.0. The van der Waals surface area contributed by atoms with Crippen molar-refractivity contribution in [2.75, 3.05) is 39.6 Å². The first-order valence-electron chi connectivity index (χ1n) is 37.2. The van der Waals surface area contributed by atoms with Crippen LogP contribution < -0.4 is 0 Å². The molecule has 0 aromatic rings. The lowest BCUT2D eigenvalue weighted by Crippen LogP contribution is -2.30. The van der Waals surface area contributed by atoms with Crippen LogP contribution in [0.15, 0.2) is 0 Å². The molecule has 0 amide bonds. The number of aliphatic hydroxyl groups excluding tert-OH is 1. The summed E-state index contributed by atoms with van der Waals surface area (Å²) < 4.78 is 68.3. The molecule has 3 unspecified atom stereocenters. The summed E-state index contributed by atoms with van der Waals surface area (Å²) >= 11 is 0. The van der Waals surface area contributed by atoms with E-state index in [2.05, 4.69) is 55.4 Å². The number of unbranched alkanes of at least 4 members (excludes halogenated alkanes) is 35. The van der Waals surface area contributed by atoms with Crippen molar-refractivity contribution in [2.24, 2.45) is 23.7 Å². The molecule has 91 heavy (non-hydrogen) atoms. The SMILES string of the molecule is CC(C)CCCCCCCCCCCCCCCCCC(=O)OC[C@H](COP(=O)(O)OCC(O)COP(=O)(O)OC[C@@H](COC(=O)CCCCCCCCCCC(C)C)OC(=O)CCCCCCCCC(C)C)OC(=O)CCCCCCCCCCCCC(C)C. The molecule has 0 fully saturated rings. The quantitative estimate of drug-likeness (QED) is 0.0222. The van der Waals surface area contributed by atoms with E-state index in [1.54, 1.807) is 0 Å². The predicted octanol–water partition coefficient (Wildman–Crippen LogP) is 20.5. The van der Waals surface area contributed by atoms with Crippen LogP contribution in [0.1, 0.15) is 357 Å². The second-order valence-electron chi connectivity index (χ2n) is 27.9. The Morgan fingerprint density at radius 2 is 0.462 bits per heavy atom. The lowest BCUT2D eigenvalue weighted by atomic mass is 10.0. The van der Waals surface area contributed by atoms with Crippen LogP contribution in [0.5, 0.6) is 0 Å². The van der Waals surface area contributed by atoms with E-state index in [1.165, 1.54) is 161 Å². The second-order valence-corrected chi connectivity index (χ2v) is 30.8. The Morgan fingerprint density at radius 3 is 0.681 bits per heavy atom. The number of carbonyl (C=O) groups excluding carboxylic acids is 4. The molecule has 0 heterocycles. The molecule has 0 aromatic heterocycles. The maximum absolute atomic E-state index is 13.0. The minimum Gasteiger partial charge on any atom is -0.462 e. The molecule has 0 rings (SSSR count). The van der Waals surface area contributed by atoms with E-state index in [1.807, 2.05) is 0 Å². The van der Waals surface area contributed by atoms with Crippen molar-refractivity contribution in [1.29, 1.82) is 0 Å². The third-order valence-electron chi connectivity index (χ3n) is 16.6. The van der Waals surface area contributed by atoms with Gasteiger partial charge in [0.05, 0.1) is 26.4 Å². The third-order valence-corrected chi connectivity index (χ3v) is 18.5. The van der Waals surface area contributed by atoms with Crippen molar-refractivity contribution in [2.45, 2.75) is 375 Å². The van der Waals surface area contributed by atoms with Gasteiger partial charge in [-0.3, -0.25) is 37.3 Å². The van der Waals surface area contributed by atoms with Crippen molar-refractivity contribution in [3.8, 4) is 0 Å². The van der Waals surface area contributed by atoms with Gasteiger partial charge < -0.3 is 33.8 Å². The van der Waals surface area contributed by atoms with Crippen LogP contribution in [0.2, 0.25) is 0 Å². The minimum atomic E-state index is -4.95. The zero-order valence-corrected chi connectivity index (χ0v) is 61.3. The van der Waals surface area contributed by atoms with Crippen molar-refractivity contribution >= 4 is 39.5 Å². The van der Waals surface area contributed by atoms with Crippen molar-refractivity contribution in [1.82, 2.24) is 0 Å². The largest absolute Gasteiger partial charge is 0.472 e. The predicted molar refractivity (Wildman–Crippen MR) is 367 cm³/mol. The molecule has 0 aromatic carbocycles. The number of carbonyl (C=O) groups is 4. The Kier molecular flexibility index (Phi) is 60.3. The molecule has 0 aliphatic rings. The van der Waals surface area contributed by atoms with Gasteiger partial charge in [0, 0.05) is 25.7 Å². The van der Waals surface area contributed by atoms with Crippen LogP contribution in [0, 0.1) is 23.7 Å². The number of phosphoric acid groups is 2. The standard InChI is InChI=1S/C72H140O17P2/c1-62(2)48-40-32-24-18-14-12-10-9-11-13-15-20-27-36-44-52-69(74)82-58-67(88-71(76)54-46-38-29-21-17-16-19-25-33-41-49-63(3)4)60-86-90(78,79)84-56-66(73)57-85-91(80,81)87-61-68(89-72(77)55-47-39-31-30-35-43-51-65(7)8)59-83-70(75)53-45-37-28-23-22-26-34-42-50-64(5)6/h62-68,73H,9-61H2,1-8H3,(H,78,79)(H,80,81)/t66?,67-,68-/m1/s1. The van der Waals surface area contributed by atoms with Crippen LogP contribution in [0.4, 0.5) is 0 Å². The number of aliphatic hydroxyl groups is 1. The first-order chi connectivity index (χ1) is 43.6. The zero-order chi connectivity index (χ0) is 67.5. The fourth-order valence-corrected chi connectivity index (χ4v) is 12.4. The normalized spacial score (nSPS) is 14.2. The van der Waals surface area contributed by atoms with Gasteiger partial charge in [0.1, 0.15) is 19.3 Å². The van der Waals surface area contributed by atoms with Gasteiger partial charge in [0.2, 0.25) is 0 Å². The summed E-state index contributed by atoms with van der Waals surface area (Å²) in [6.45, 7) is 14.1. The van der Waals surface area contributed by atoms with Gasteiger partial charge in [-0.15, -0.1) is 0 Å². The van der Waals surface area contributed by atoms with E-state index in [-0.39, 0.29) is 25.7 Å². The Bertz CT molecular complexity index is 1800. The molecular weight excluding hydrogens is 1200 g/mol. The number of hydrogen-bond acceptors (Lipinski definition) is 15. The van der Waals surface area contributed by atoms with Crippen molar-refractivity contribution in [3.05, 3.63) is 0 Å². The molecule has 0 saturated heterocycles. The zero-order valence-electron chi connectivity index (χ0n) is 59.5. The van der Waals surface area contributed by atoms with Crippen LogP contribution >= 0.6 is 15.6 Å². The van der Waals surface area contributed by atoms with Crippen LogP contribution in [0.3, 0.4) is 0 Å². The molecule has 5 atom stereocenters. The van der Waals surface area contributed by atoms with Crippen LogP contribution in [-0.2, 0) is 65.4 Å². The summed E-state index contributed by atoms with van der Waals surface area (Å²) in [6.07, 6.45) is 44.7. The average Bonchev–Trinajstić information content (AvgIpc) is 3.59. The fraction of sp³-hybridized carbons (Fsp3) is 0.944. The molecule has 0 spiro atoms. The molecular formula is C72H140O17P2. The van der Waals surface area contributed by atoms with E-state index in [0.717, 1.165) is 108 Å². The average molecular weight is 1340 g/mol. The molecule has 0 aliphatic heterocycles. The number of esters is 4. The van der Waals surface area contributed by atoms with Gasteiger partial charge in [0.15, 0.2) is 12.2 Å². The molecule has 540 valence electrons. The number of ether oxygens (including phenoxy) is 4. The highest BCUT2D eigenvalue weighted by Crippen LogP contribution is 2.45. The van der Waals surface area contributed by atoms with Crippen molar-refractivity contribution in [3.63, 3.8) is 0 Å². The summed E-state index contributed by atoms with van der Waals surface area (Å²) in [5.74, 6) is 0.823. The van der Waals surface area contributed by atoms with E-state index in [9.17, 15) is 43.2 Å². The number of hydrogen-bond donors (Lipinski definition) is 3. The van der Waals surface area contributed by atoms with E-state index >= 15 is 0 Å². The first-order valence-corrected chi connectivity index (χ1v) is 40.2. The van der Waals surface area contributed by atoms with E-state index in [4.69, 9.17) is 37.0 Å². The molecule has 0 saturated carbocycles. The molecule has 0 radical (unpaired) electrons. The van der Waals surface area contributed by atoms with Gasteiger partial charge >= 0.3 is 39.5 Å². The Balaban J connectivity index is 5.20. The summed E-state index contributed by atoms with van der Waals surface area (Å²) in [7, 11) is -9.90. The van der Waals surface area contributed by atoms with E-state index in [0.29, 0.717) is 31.6 Å². The topological polar surface area (TPSA) is 237 Å². The highest BCUT2D eigenvalue weighted by molar-refractivity contribution is 7.47. The molecule has 0 bridgehead atoms. The Hall–Kier alpha value is -1.94. The highest BCUT2D eigenvalue weighted by atomic mass is 31.2. The minimum absolute atomic E-state index is 0.101. The lowest BCUT2D eigenvalue weighted by molar-refractivity contribution is -0.161. The van der Waals surface area contributed by atoms with Crippen LogP contribution in [0.25, 0.3) is 0 Å². The summed E-state index contributed by atoms with van der Waals surface area (Å²) in [4.78, 5) is 72.6. The Labute approximate surface area is 556 Å². The smallest absolute Gasteiger partial charge is 0.462 e. The Morgan fingerprint density at radius 1 is 0.275 bits per heavy atom. The summed E-state index contributed by atoms with van der Waals surface area (Å²) in [5, 5.41) is 10.6. The molecule has 3 N–H and O–H groups in total. The highest BCUT2D eigenvalue weighted by Gasteiger charge is 2.30. The molecule has 0 aliphatic carbocycles. The van der Waals surface area contributed by atoms with Crippen LogP contribution in [-0.4, -0.2) is 96.7 Å². The van der Waals surface area contributed by atoms with Gasteiger partial charge in [-0.25, -0.2) is 9.13 Å². The van der Waals surface area contributed by atoms with Crippen molar-refractivity contribution < 1.29 is 80.2 Å². The fourth-order valence-electron chi connectivity index (χ4n) is 10.8. The number of phosphoric ester groups is 2. The van der Waals surface area contributed by atoms with Gasteiger partial charge in [-0.2, -0.15) is 0 Å². The van der Waals surface area contributed by atoms with Gasteiger partial charge in [-0.05, 0) is 49.4 Å². The summed E-state index contributed by atoms with van der Waals surface area (Å²) in [6, 6.07) is 0. The first kappa shape index (κ1) is 89.1. The van der Waals surface area contributed by atoms with E-state index < -0.39 is 97.5 Å². The van der Waals surface area contributed by atoms with Gasteiger partial charge in [0.25, 0.3) is 0 Å². The second kappa shape index (κ2) is 61.6.